The van der Waals surface area contributed by atoms with E-state index in [-0.39, 0.29) is 13.2 Å². The molecule has 9 heteroatoms. The highest BCUT2D eigenvalue weighted by Gasteiger charge is 2.07. The Kier molecular flexibility index (Phi) is 9.67. The van der Waals surface area contributed by atoms with Crippen LogP contribution in [0.3, 0.4) is 0 Å². The van der Waals surface area contributed by atoms with Crippen molar-refractivity contribution in [3.63, 3.8) is 0 Å². The number of carbonyl (C=O) groups is 3. The fourth-order valence-corrected chi connectivity index (χ4v) is 2.45. The summed E-state index contributed by atoms with van der Waals surface area (Å²) in [6.07, 6.45) is 3.39. The molecule has 31 heavy (non-hydrogen) atoms. The number of aliphatic carboxylic acids is 1. The van der Waals surface area contributed by atoms with Crippen molar-refractivity contribution in [1.29, 1.82) is 0 Å². The summed E-state index contributed by atoms with van der Waals surface area (Å²) in [7, 11) is 0. The summed E-state index contributed by atoms with van der Waals surface area (Å²) >= 11 is 0. The van der Waals surface area contributed by atoms with Gasteiger partial charge in [0.25, 0.3) is 5.91 Å². The van der Waals surface area contributed by atoms with Gasteiger partial charge in [0.15, 0.2) is 6.61 Å². The summed E-state index contributed by atoms with van der Waals surface area (Å²) in [5, 5.41) is 21.3. The third-order valence-electron chi connectivity index (χ3n) is 4.13. The number of aryl methyl sites for hydroxylation is 1. The van der Waals surface area contributed by atoms with Crippen molar-refractivity contribution in [3.8, 4) is 5.75 Å². The molecule has 0 heterocycles. The number of rotatable bonds is 12. The minimum atomic E-state index is -1.16. The number of azo groups is 1. The first-order chi connectivity index (χ1) is 15.0. The van der Waals surface area contributed by atoms with Crippen molar-refractivity contribution in [2.24, 2.45) is 10.2 Å². The van der Waals surface area contributed by atoms with Crippen LogP contribution in [-0.2, 0) is 20.8 Å². The molecule has 2 amide bonds. The Morgan fingerprint density at radius 1 is 0.871 bits per heavy atom. The molecule has 164 valence electrons. The molecule has 0 atom stereocenters. The van der Waals surface area contributed by atoms with Gasteiger partial charge in [-0.05, 0) is 54.8 Å². The van der Waals surface area contributed by atoms with Gasteiger partial charge in [0, 0.05) is 0 Å². The lowest BCUT2D eigenvalue weighted by Crippen LogP contribution is -2.40. The lowest BCUT2D eigenvalue weighted by Gasteiger charge is -2.07. The van der Waals surface area contributed by atoms with E-state index >= 15 is 0 Å². The molecule has 0 spiro atoms. The summed E-state index contributed by atoms with van der Waals surface area (Å²) in [5.41, 5.74) is 2.69. The maximum atomic E-state index is 11.7. The van der Waals surface area contributed by atoms with Crippen molar-refractivity contribution in [2.75, 3.05) is 19.7 Å². The number of amides is 2. The fraction of sp³-hybridized carbons (Fsp3) is 0.318. The Hall–Kier alpha value is -3.75. The number of carboxylic acid groups (broad SMARTS) is 1. The van der Waals surface area contributed by atoms with E-state index in [0.29, 0.717) is 11.4 Å². The van der Waals surface area contributed by atoms with E-state index in [4.69, 9.17) is 9.84 Å². The zero-order chi connectivity index (χ0) is 22.5. The SMILES string of the molecule is CCCCc1ccc(N=Nc2ccc(OCC(=O)NCC(=O)NCC(=O)O)cc2)cc1. The third-order valence-corrected chi connectivity index (χ3v) is 4.13. The predicted molar refractivity (Wildman–Crippen MR) is 115 cm³/mol. The van der Waals surface area contributed by atoms with Crippen LogP contribution in [0.15, 0.2) is 58.8 Å². The van der Waals surface area contributed by atoms with Gasteiger partial charge in [-0.15, -0.1) is 0 Å². The molecule has 9 nitrogen and oxygen atoms in total. The Morgan fingerprint density at radius 3 is 2.03 bits per heavy atom. The fourth-order valence-electron chi connectivity index (χ4n) is 2.45. The summed E-state index contributed by atoms with van der Waals surface area (Å²) in [4.78, 5) is 33.4. The molecule has 0 aliphatic heterocycles. The predicted octanol–water partition coefficient (Wildman–Crippen LogP) is 3.14. The number of nitrogens with one attached hydrogen (secondary N) is 2. The maximum absolute atomic E-state index is 11.7. The number of benzene rings is 2. The minimum Gasteiger partial charge on any atom is -0.484 e. The number of nitrogens with zero attached hydrogens (tertiary/aromatic N) is 2. The number of unbranched alkanes of at least 4 members (excludes halogenated alkanes) is 1. The zero-order valence-electron chi connectivity index (χ0n) is 17.3. The van der Waals surface area contributed by atoms with E-state index in [1.54, 1.807) is 24.3 Å². The Morgan fingerprint density at radius 2 is 1.45 bits per heavy atom. The first-order valence-corrected chi connectivity index (χ1v) is 9.95. The van der Waals surface area contributed by atoms with Crippen LogP contribution >= 0.6 is 0 Å². The molecular weight excluding hydrogens is 400 g/mol. The highest BCUT2D eigenvalue weighted by atomic mass is 16.5. The molecule has 0 bridgehead atoms. The van der Waals surface area contributed by atoms with Gasteiger partial charge in [-0.2, -0.15) is 10.2 Å². The average Bonchev–Trinajstić information content (AvgIpc) is 2.78. The lowest BCUT2D eigenvalue weighted by molar-refractivity contribution is -0.137. The van der Waals surface area contributed by atoms with E-state index in [2.05, 4.69) is 39.9 Å². The molecule has 0 aliphatic rings. The topological polar surface area (TPSA) is 129 Å². The molecule has 0 radical (unpaired) electrons. The molecule has 0 aliphatic carbocycles. The van der Waals surface area contributed by atoms with Crippen LogP contribution < -0.4 is 15.4 Å². The van der Waals surface area contributed by atoms with Gasteiger partial charge in [0.05, 0.1) is 17.9 Å². The summed E-state index contributed by atoms with van der Waals surface area (Å²) < 4.78 is 5.35. The van der Waals surface area contributed by atoms with Gasteiger partial charge in [-0.3, -0.25) is 14.4 Å². The van der Waals surface area contributed by atoms with Crippen LogP contribution in [0.1, 0.15) is 25.3 Å². The van der Waals surface area contributed by atoms with Crippen LogP contribution in [0, 0.1) is 0 Å². The summed E-state index contributed by atoms with van der Waals surface area (Å²) in [5.74, 6) is -1.80. The standard InChI is InChI=1S/C22H26N4O5/c1-2-3-4-16-5-7-17(8-6-16)25-26-18-9-11-19(12-10-18)31-15-21(28)23-13-20(27)24-14-22(29)30/h5-12H,2-4,13-15H2,1H3,(H,23,28)(H,24,27)(H,29,30). The van der Waals surface area contributed by atoms with Crippen LogP contribution in [0.5, 0.6) is 5.75 Å². The monoisotopic (exact) mass is 426 g/mol. The van der Waals surface area contributed by atoms with Crippen molar-refractivity contribution in [3.05, 3.63) is 54.1 Å². The van der Waals surface area contributed by atoms with Crippen LogP contribution in [0.2, 0.25) is 0 Å². The quantitative estimate of drug-likeness (QED) is 0.449. The Balaban J connectivity index is 1.74. The molecule has 0 aromatic heterocycles. The third kappa shape index (κ3) is 9.53. The van der Waals surface area contributed by atoms with Crippen molar-refractivity contribution in [1.82, 2.24) is 10.6 Å². The normalized spacial score (nSPS) is 10.6. The van der Waals surface area contributed by atoms with Gasteiger partial charge >= 0.3 is 5.97 Å². The van der Waals surface area contributed by atoms with Crippen LogP contribution in [0.25, 0.3) is 0 Å². The highest BCUT2D eigenvalue weighted by molar-refractivity contribution is 5.87. The van der Waals surface area contributed by atoms with Gasteiger partial charge in [0.1, 0.15) is 12.3 Å². The second kappa shape index (κ2) is 12.7. The summed E-state index contributed by atoms with van der Waals surface area (Å²) in [6.45, 7) is 1.06. The maximum Gasteiger partial charge on any atom is 0.322 e. The smallest absolute Gasteiger partial charge is 0.322 e. The molecular formula is C22H26N4O5. The molecule has 2 aromatic rings. The van der Waals surface area contributed by atoms with Gasteiger partial charge in [-0.1, -0.05) is 25.5 Å². The van der Waals surface area contributed by atoms with E-state index in [1.165, 1.54) is 12.0 Å². The lowest BCUT2D eigenvalue weighted by atomic mass is 10.1. The van der Waals surface area contributed by atoms with Gasteiger partial charge in [0.2, 0.25) is 5.91 Å². The highest BCUT2D eigenvalue weighted by Crippen LogP contribution is 2.22. The van der Waals surface area contributed by atoms with E-state index in [9.17, 15) is 14.4 Å². The average molecular weight is 426 g/mol. The number of carboxylic acids is 1. The van der Waals surface area contributed by atoms with Crippen LogP contribution in [-0.4, -0.2) is 42.6 Å². The minimum absolute atomic E-state index is 0.280. The van der Waals surface area contributed by atoms with Gasteiger partial charge < -0.3 is 20.5 Å². The van der Waals surface area contributed by atoms with Gasteiger partial charge in [-0.25, -0.2) is 0 Å². The largest absolute Gasteiger partial charge is 0.484 e. The Bertz CT molecular complexity index is 895. The van der Waals surface area contributed by atoms with E-state index in [0.717, 1.165) is 18.5 Å². The van der Waals surface area contributed by atoms with Crippen LogP contribution in [0.4, 0.5) is 11.4 Å². The second-order valence-corrected chi connectivity index (χ2v) is 6.70. The number of hydrogen-bond acceptors (Lipinski definition) is 6. The second-order valence-electron chi connectivity index (χ2n) is 6.70. The van der Waals surface area contributed by atoms with E-state index in [1.807, 2.05) is 12.1 Å². The number of carbonyl (C=O) groups excluding carboxylic acids is 2. The molecule has 0 unspecified atom stereocenters. The molecule has 2 aromatic carbocycles. The molecule has 0 saturated heterocycles. The number of ether oxygens (including phenoxy) is 1. The molecule has 2 rings (SSSR count). The first-order valence-electron chi connectivity index (χ1n) is 9.95. The molecule has 3 N–H and O–H groups in total. The zero-order valence-corrected chi connectivity index (χ0v) is 17.3. The van der Waals surface area contributed by atoms with Crippen molar-refractivity contribution >= 4 is 29.2 Å². The first kappa shape index (κ1) is 23.5. The van der Waals surface area contributed by atoms with Crippen molar-refractivity contribution < 1.29 is 24.2 Å². The molecule has 0 fully saturated rings. The molecule has 0 saturated carbocycles. The Labute approximate surface area is 180 Å². The number of hydrogen-bond donors (Lipinski definition) is 3. The van der Waals surface area contributed by atoms with E-state index < -0.39 is 24.3 Å². The summed E-state index contributed by atoms with van der Waals surface area (Å²) in [6, 6.07) is 14.7. The van der Waals surface area contributed by atoms with Crippen molar-refractivity contribution in [2.45, 2.75) is 26.2 Å².